The summed E-state index contributed by atoms with van der Waals surface area (Å²) in [5.41, 5.74) is 6.10. The Labute approximate surface area is 119 Å². The number of benzene rings is 1. The molecule has 1 aromatic rings. The number of aliphatic hydroxyl groups excluding tert-OH is 1. The van der Waals surface area contributed by atoms with Crippen LogP contribution < -0.4 is 5.73 Å². The predicted molar refractivity (Wildman–Crippen MR) is 75.7 cm³/mol. The van der Waals surface area contributed by atoms with Gasteiger partial charge in [-0.3, -0.25) is 4.79 Å². The van der Waals surface area contributed by atoms with Crippen LogP contribution in [0.2, 0.25) is 0 Å². The second-order valence-corrected chi connectivity index (χ2v) is 5.64. The van der Waals surface area contributed by atoms with E-state index in [0.717, 1.165) is 5.56 Å². The molecule has 0 aromatic heterocycles. The number of carbonyl (C=O) groups excluding carboxylic acids is 1. The van der Waals surface area contributed by atoms with Gasteiger partial charge in [-0.25, -0.2) is 0 Å². The van der Waals surface area contributed by atoms with E-state index in [1.165, 1.54) is 0 Å². The number of hydrogen-bond donors (Lipinski definition) is 2. The number of rotatable bonds is 6. The highest BCUT2D eigenvalue weighted by molar-refractivity contribution is 5.70. The lowest BCUT2D eigenvalue weighted by atomic mass is 10.1. The van der Waals surface area contributed by atoms with Crippen LogP contribution in [-0.2, 0) is 20.9 Å². The van der Waals surface area contributed by atoms with Crippen molar-refractivity contribution < 1.29 is 19.4 Å². The van der Waals surface area contributed by atoms with Crippen molar-refractivity contribution in [3.63, 3.8) is 0 Å². The van der Waals surface area contributed by atoms with Gasteiger partial charge in [-0.1, -0.05) is 30.3 Å². The molecule has 0 amide bonds. The molecule has 112 valence electrons. The molecule has 1 unspecified atom stereocenters. The van der Waals surface area contributed by atoms with Gasteiger partial charge in [0.05, 0.1) is 18.1 Å². The minimum atomic E-state index is -1.20. The fraction of sp³-hybridized carbons (Fsp3) is 0.533. The molecule has 0 aliphatic carbocycles. The largest absolute Gasteiger partial charge is 0.461 e. The zero-order valence-corrected chi connectivity index (χ0v) is 12.2. The molecule has 1 rings (SSSR count). The Kier molecular flexibility index (Phi) is 6.13. The van der Waals surface area contributed by atoms with Crippen molar-refractivity contribution in [2.75, 3.05) is 0 Å². The lowest BCUT2D eigenvalue weighted by Gasteiger charge is -2.27. The van der Waals surface area contributed by atoms with Crippen molar-refractivity contribution in [3.05, 3.63) is 35.9 Å². The van der Waals surface area contributed by atoms with E-state index in [2.05, 4.69) is 0 Å². The molecule has 0 aliphatic heterocycles. The molecule has 0 bridgehead atoms. The summed E-state index contributed by atoms with van der Waals surface area (Å²) in [7, 11) is 0. The van der Waals surface area contributed by atoms with Crippen molar-refractivity contribution in [2.45, 2.75) is 51.7 Å². The third-order valence-corrected chi connectivity index (χ3v) is 2.49. The van der Waals surface area contributed by atoms with Gasteiger partial charge >= 0.3 is 5.97 Å². The van der Waals surface area contributed by atoms with E-state index in [1.807, 2.05) is 30.3 Å². The molecule has 2 atom stereocenters. The van der Waals surface area contributed by atoms with Crippen molar-refractivity contribution in [1.82, 2.24) is 0 Å². The molecule has 0 saturated carbocycles. The van der Waals surface area contributed by atoms with Crippen LogP contribution in [0.25, 0.3) is 0 Å². The third-order valence-electron chi connectivity index (χ3n) is 2.49. The summed E-state index contributed by atoms with van der Waals surface area (Å²) in [6.45, 7) is 5.60. The van der Waals surface area contributed by atoms with Gasteiger partial charge in [0.25, 0.3) is 0 Å². The van der Waals surface area contributed by atoms with Gasteiger partial charge in [0.1, 0.15) is 6.61 Å². The quantitative estimate of drug-likeness (QED) is 0.611. The summed E-state index contributed by atoms with van der Waals surface area (Å²) >= 11 is 0. The van der Waals surface area contributed by atoms with Crippen LogP contribution in [0.3, 0.4) is 0 Å². The Morgan fingerprint density at radius 3 is 2.45 bits per heavy atom. The Hall–Kier alpha value is -1.43. The summed E-state index contributed by atoms with van der Waals surface area (Å²) < 4.78 is 10.4. The summed E-state index contributed by atoms with van der Waals surface area (Å²) in [6.07, 6.45) is -1.29. The number of aliphatic hydroxyl groups is 1. The first-order chi connectivity index (χ1) is 9.28. The molecular weight excluding hydrogens is 258 g/mol. The Balaban J connectivity index is 2.34. The molecule has 0 spiro atoms. The maximum atomic E-state index is 11.6. The summed E-state index contributed by atoms with van der Waals surface area (Å²) in [6, 6.07) is 8.56. The van der Waals surface area contributed by atoms with Gasteiger partial charge in [-0.2, -0.15) is 0 Å². The summed E-state index contributed by atoms with van der Waals surface area (Å²) in [4.78, 5) is 11.6. The van der Waals surface area contributed by atoms with Crippen LogP contribution in [0, 0.1) is 0 Å². The maximum absolute atomic E-state index is 11.6. The van der Waals surface area contributed by atoms with E-state index in [4.69, 9.17) is 15.2 Å². The number of carbonyl (C=O) groups is 1. The zero-order chi connectivity index (χ0) is 15.2. The minimum Gasteiger partial charge on any atom is -0.461 e. The molecule has 0 aliphatic rings. The molecule has 3 N–H and O–H groups in total. The zero-order valence-electron chi connectivity index (χ0n) is 12.2. The van der Waals surface area contributed by atoms with Gasteiger partial charge in [0, 0.05) is 0 Å². The van der Waals surface area contributed by atoms with E-state index < -0.39 is 23.9 Å². The summed E-state index contributed by atoms with van der Waals surface area (Å²) in [5.74, 6) is -0.460. The smallest absolute Gasteiger partial charge is 0.307 e. The monoisotopic (exact) mass is 281 g/mol. The molecule has 5 heteroatoms. The predicted octanol–water partition coefficient (Wildman–Crippen LogP) is 1.58. The highest BCUT2D eigenvalue weighted by atomic mass is 16.6. The van der Waals surface area contributed by atoms with E-state index in [-0.39, 0.29) is 13.0 Å². The van der Waals surface area contributed by atoms with Gasteiger partial charge in [0.15, 0.2) is 6.29 Å². The number of esters is 1. The second-order valence-electron chi connectivity index (χ2n) is 5.64. The second kappa shape index (κ2) is 7.38. The van der Waals surface area contributed by atoms with Crippen molar-refractivity contribution in [2.24, 2.45) is 5.73 Å². The standard InChI is InChI=1S/C15H23NO4/c1-15(2,3)20-14(18)12(16)9-13(17)19-10-11-7-5-4-6-8-11/h4-8,12,14,18H,9-10,16H2,1-3H3/t12-,14?/m0/s1. The molecule has 0 radical (unpaired) electrons. The molecule has 0 saturated heterocycles. The molecular formula is C15H23NO4. The van der Waals surface area contributed by atoms with Crippen LogP contribution in [0.1, 0.15) is 32.8 Å². The van der Waals surface area contributed by atoms with Crippen molar-refractivity contribution in [3.8, 4) is 0 Å². The Morgan fingerprint density at radius 1 is 1.30 bits per heavy atom. The highest BCUT2D eigenvalue weighted by Crippen LogP contribution is 2.12. The van der Waals surface area contributed by atoms with Crippen molar-refractivity contribution >= 4 is 5.97 Å². The van der Waals surface area contributed by atoms with E-state index >= 15 is 0 Å². The van der Waals surface area contributed by atoms with Crippen LogP contribution in [0.4, 0.5) is 0 Å². The highest BCUT2D eigenvalue weighted by Gasteiger charge is 2.24. The lowest BCUT2D eigenvalue weighted by molar-refractivity contribution is -0.181. The van der Waals surface area contributed by atoms with Gasteiger partial charge < -0.3 is 20.3 Å². The fourth-order valence-corrected chi connectivity index (χ4v) is 1.54. The van der Waals surface area contributed by atoms with E-state index in [0.29, 0.717) is 0 Å². The third kappa shape index (κ3) is 6.65. The minimum absolute atomic E-state index is 0.0932. The number of ether oxygens (including phenoxy) is 2. The molecule has 0 heterocycles. The summed E-state index contributed by atoms with van der Waals surface area (Å²) in [5, 5.41) is 9.73. The van der Waals surface area contributed by atoms with E-state index in [1.54, 1.807) is 20.8 Å². The Bertz CT molecular complexity index is 414. The lowest BCUT2D eigenvalue weighted by Crippen LogP contribution is -2.42. The van der Waals surface area contributed by atoms with Crippen molar-refractivity contribution in [1.29, 1.82) is 0 Å². The molecule has 1 aromatic carbocycles. The average Bonchev–Trinajstić information content (AvgIpc) is 2.35. The first-order valence-corrected chi connectivity index (χ1v) is 6.59. The van der Waals surface area contributed by atoms with Gasteiger partial charge in [-0.05, 0) is 26.3 Å². The molecule has 5 nitrogen and oxygen atoms in total. The van der Waals surface area contributed by atoms with Crippen LogP contribution in [0.5, 0.6) is 0 Å². The van der Waals surface area contributed by atoms with E-state index in [9.17, 15) is 9.90 Å². The van der Waals surface area contributed by atoms with Gasteiger partial charge in [-0.15, -0.1) is 0 Å². The molecule has 0 fully saturated rings. The van der Waals surface area contributed by atoms with Gasteiger partial charge in [0.2, 0.25) is 0 Å². The fourth-order valence-electron chi connectivity index (χ4n) is 1.54. The SMILES string of the molecule is CC(C)(C)OC(O)[C@@H](N)CC(=O)OCc1ccccc1. The first-order valence-electron chi connectivity index (χ1n) is 6.59. The first kappa shape index (κ1) is 16.6. The maximum Gasteiger partial charge on any atom is 0.307 e. The van der Waals surface area contributed by atoms with Crippen LogP contribution in [0.15, 0.2) is 30.3 Å². The van der Waals surface area contributed by atoms with Crippen LogP contribution >= 0.6 is 0 Å². The number of nitrogens with two attached hydrogens (primary N) is 1. The topological polar surface area (TPSA) is 81.8 Å². The molecule has 20 heavy (non-hydrogen) atoms. The van der Waals surface area contributed by atoms with Crippen LogP contribution in [-0.4, -0.2) is 29.0 Å². The normalized spacial score (nSPS) is 14.7. The number of hydrogen-bond acceptors (Lipinski definition) is 5. The average molecular weight is 281 g/mol. The Morgan fingerprint density at radius 2 is 1.90 bits per heavy atom.